The fraction of sp³-hybridized carbons (Fsp3) is 0.190. The van der Waals surface area contributed by atoms with E-state index >= 15 is 0 Å². The second-order valence-electron chi connectivity index (χ2n) is 6.76. The molecule has 154 valence electrons. The molecule has 9 heteroatoms. The van der Waals surface area contributed by atoms with Crippen LogP contribution in [0.5, 0.6) is 0 Å². The number of hydrogen-bond donors (Lipinski definition) is 2. The lowest BCUT2D eigenvalue weighted by atomic mass is 10.2. The van der Waals surface area contributed by atoms with Crippen LogP contribution in [-0.4, -0.2) is 21.6 Å². The van der Waals surface area contributed by atoms with Gasteiger partial charge in [-0.3, -0.25) is 9.59 Å². The minimum Gasteiger partial charge on any atom is -0.350 e. The highest BCUT2D eigenvalue weighted by atomic mass is 32.2. The van der Waals surface area contributed by atoms with Crippen LogP contribution < -0.4 is 10.6 Å². The third kappa shape index (κ3) is 4.35. The van der Waals surface area contributed by atoms with Crippen molar-refractivity contribution in [1.29, 1.82) is 0 Å². The highest BCUT2D eigenvalue weighted by molar-refractivity contribution is 7.98. The maximum atomic E-state index is 14.0. The van der Waals surface area contributed by atoms with Gasteiger partial charge >= 0.3 is 0 Å². The summed E-state index contributed by atoms with van der Waals surface area (Å²) in [7, 11) is 0. The van der Waals surface area contributed by atoms with Gasteiger partial charge < -0.3 is 10.6 Å². The van der Waals surface area contributed by atoms with E-state index in [1.54, 1.807) is 11.8 Å². The lowest BCUT2D eigenvalue weighted by molar-refractivity contribution is -0.122. The Balaban J connectivity index is 1.50. The van der Waals surface area contributed by atoms with Crippen LogP contribution >= 0.6 is 11.8 Å². The highest BCUT2D eigenvalue weighted by Crippen LogP contribution is 2.35. The summed E-state index contributed by atoms with van der Waals surface area (Å²) in [5.41, 5.74) is 2.28. The summed E-state index contributed by atoms with van der Waals surface area (Å²) in [5.74, 6) is -1.05. The van der Waals surface area contributed by atoms with E-state index in [9.17, 15) is 18.4 Å². The van der Waals surface area contributed by atoms with Gasteiger partial charge in [0.15, 0.2) is 0 Å². The Morgan fingerprint density at radius 1 is 1.10 bits per heavy atom. The molecule has 0 fully saturated rings. The summed E-state index contributed by atoms with van der Waals surface area (Å²) in [4.78, 5) is 25.0. The predicted octanol–water partition coefficient (Wildman–Crippen LogP) is 3.48. The summed E-state index contributed by atoms with van der Waals surface area (Å²) in [6.45, 7) is 0.283. The van der Waals surface area contributed by atoms with Gasteiger partial charge in [-0.2, -0.15) is 16.9 Å². The van der Waals surface area contributed by atoms with Crippen LogP contribution in [0, 0.1) is 11.6 Å². The summed E-state index contributed by atoms with van der Waals surface area (Å²) in [6, 6.07) is 12.2. The second-order valence-corrected chi connectivity index (χ2v) is 7.75. The Hall–Kier alpha value is -3.20. The average Bonchev–Trinajstić information content (AvgIpc) is 3.30. The second kappa shape index (κ2) is 8.66. The number of nitrogens with one attached hydrogen (secondary N) is 2. The molecule has 6 nitrogen and oxygen atoms in total. The lowest BCUT2D eigenvalue weighted by Crippen LogP contribution is -2.29. The van der Waals surface area contributed by atoms with Gasteiger partial charge in [0.2, 0.25) is 5.91 Å². The summed E-state index contributed by atoms with van der Waals surface area (Å²) in [5, 5.41) is 9.91. The number of aromatic nitrogens is 2. The van der Waals surface area contributed by atoms with Gasteiger partial charge in [-0.15, -0.1) is 0 Å². The van der Waals surface area contributed by atoms with Gasteiger partial charge in [0.1, 0.15) is 24.0 Å². The SMILES string of the molecule is O=C(Cn1nc2c(c1NC(=O)c1ccc(F)cc1F)CSC2)NCc1ccccc1. The molecule has 0 spiro atoms. The van der Waals surface area contributed by atoms with Crippen LogP contribution in [-0.2, 0) is 29.4 Å². The zero-order chi connectivity index (χ0) is 21.1. The zero-order valence-electron chi connectivity index (χ0n) is 15.8. The molecule has 4 rings (SSSR count). The molecule has 2 aromatic carbocycles. The molecular weight excluding hydrogens is 410 g/mol. The average molecular weight is 428 g/mol. The molecule has 0 atom stereocenters. The van der Waals surface area contributed by atoms with Crippen molar-refractivity contribution in [2.24, 2.45) is 0 Å². The maximum Gasteiger partial charge on any atom is 0.259 e. The monoisotopic (exact) mass is 428 g/mol. The first-order valence-corrected chi connectivity index (χ1v) is 10.4. The van der Waals surface area contributed by atoms with Crippen molar-refractivity contribution in [2.45, 2.75) is 24.6 Å². The zero-order valence-corrected chi connectivity index (χ0v) is 16.6. The molecule has 2 amide bonds. The third-order valence-electron chi connectivity index (χ3n) is 4.65. The van der Waals surface area contributed by atoms with E-state index < -0.39 is 17.5 Å². The van der Waals surface area contributed by atoms with Crippen molar-refractivity contribution in [3.8, 4) is 0 Å². The molecule has 1 aromatic heterocycles. The van der Waals surface area contributed by atoms with Gasteiger partial charge in [0.25, 0.3) is 5.91 Å². The number of fused-ring (bicyclic) bond motifs is 1. The van der Waals surface area contributed by atoms with Crippen LogP contribution in [0.25, 0.3) is 0 Å². The van der Waals surface area contributed by atoms with Crippen molar-refractivity contribution in [2.75, 3.05) is 5.32 Å². The molecule has 0 radical (unpaired) electrons. The number of nitrogens with zero attached hydrogens (tertiary/aromatic N) is 2. The lowest BCUT2D eigenvalue weighted by Gasteiger charge is -2.12. The number of anilines is 1. The highest BCUT2D eigenvalue weighted by Gasteiger charge is 2.26. The van der Waals surface area contributed by atoms with E-state index in [4.69, 9.17) is 0 Å². The maximum absolute atomic E-state index is 14.0. The molecule has 1 aliphatic heterocycles. The van der Waals surface area contributed by atoms with E-state index in [1.165, 1.54) is 4.68 Å². The molecule has 0 saturated carbocycles. The number of thioether (sulfide) groups is 1. The van der Waals surface area contributed by atoms with Crippen LogP contribution in [0.1, 0.15) is 27.2 Å². The van der Waals surface area contributed by atoms with Gasteiger partial charge in [-0.05, 0) is 17.7 Å². The van der Waals surface area contributed by atoms with Crippen molar-refractivity contribution >= 4 is 29.4 Å². The van der Waals surface area contributed by atoms with Crippen LogP contribution in [0.15, 0.2) is 48.5 Å². The van der Waals surface area contributed by atoms with Crippen LogP contribution in [0.3, 0.4) is 0 Å². The largest absolute Gasteiger partial charge is 0.350 e. The summed E-state index contributed by atoms with van der Waals surface area (Å²) >= 11 is 1.64. The first kappa shape index (κ1) is 20.1. The van der Waals surface area contributed by atoms with E-state index in [-0.39, 0.29) is 18.0 Å². The quantitative estimate of drug-likeness (QED) is 0.630. The first-order valence-electron chi connectivity index (χ1n) is 9.24. The van der Waals surface area contributed by atoms with Gasteiger partial charge in [0, 0.05) is 29.7 Å². The number of rotatable bonds is 6. The molecule has 0 bridgehead atoms. The number of halogens is 2. The third-order valence-corrected chi connectivity index (χ3v) is 5.62. The molecule has 30 heavy (non-hydrogen) atoms. The number of benzene rings is 2. The Labute approximate surface area is 175 Å². The number of carbonyl (C=O) groups is 2. The molecule has 1 aliphatic rings. The van der Waals surface area contributed by atoms with Gasteiger partial charge in [-0.25, -0.2) is 13.5 Å². The van der Waals surface area contributed by atoms with E-state index in [0.29, 0.717) is 29.9 Å². The molecular formula is C21H18F2N4O2S. The molecule has 2 N–H and O–H groups in total. The van der Waals surface area contributed by atoms with E-state index in [1.807, 2.05) is 30.3 Å². The predicted molar refractivity (Wildman–Crippen MR) is 110 cm³/mol. The molecule has 3 aromatic rings. The summed E-state index contributed by atoms with van der Waals surface area (Å²) in [6.07, 6.45) is 0. The van der Waals surface area contributed by atoms with E-state index in [0.717, 1.165) is 29.0 Å². The van der Waals surface area contributed by atoms with Crippen LogP contribution in [0.4, 0.5) is 14.6 Å². The Morgan fingerprint density at radius 3 is 2.67 bits per heavy atom. The normalized spacial score (nSPS) is 12.5. The van der Waals surface area contributed by atoms with Gasteiger partial charge in [-0.1, -0.05) is 30.3 Å². The van der Waals surface area contributed by atoms with E-state index in [2.05, 4.69) is 15.7 Å². The first-order chi connectivity index (χ1) is 14.5. The van der Waals surface area contributed by atoms with Crippen LogP contribution in [0.2, 0.25) is 0 Å². The van der Waals surface area contributed by atoms with Crippen molar-refractivity contribution in [3.05, 3.63) is 82.5 Å². The minimum atomic E-state index is -0.954. The van der Waals surface area contributed by atoms with Crippen molar-refractivity contribution in [1.82, 2.24) is 15.1 Å². The number of hydrogen-bond acceptors (Lipinski definition) is 4. The van der Waals surface area contributed by atoms with Crippen molar-refractivity contribution in [3.63, 3.8) is 0 Å². The molecule has 2 heterocycles. The Bertz CT molecular complexity index is 1100. The summed E-state index contributed by atoms with van der Waals surface area (Å²) < 4.78 is 28.5. The minimum absolute atomic E-state index is 0.0913. The fourth-order valence-electron chi connectivity index (χ4n) is 3.16. The molecule has 0 aliphatic carbocycles. The van der Waals surface area contributed by atoms with Gasteiger partial charge in [0.05, 0.1) is 11.3 Å². The fourth-order valence-corrected chi connectivity index (χ4v) is 4.19. The molecule has 0 saturated heterocycles. The topological polar surface area (TPSA) is 76.0 Å². The van der Waals surface area contributed by atoms with Crippen molar-refractivity contribution < 1.29 is 18.4 Å². The molecule has 0 unspecified atom stereocenters. The number of amides is 2. The smallest absolute Gasteiger partial charge is 0.259 e. The Morgan fingerprint density at radius 2 is 1.90 bits per heavy atom. The number of carbonyl (C=O) groups excluding carboxylic acids is 2. The Kier molecular flexibility index (Phi) is 5.80. The standard InChI is InChI=1S/C21H18F2N4O2S/c22-14-6-7-15(17(23)8-14)21(29)25-20-16-11-30-12-18(16)26-27(20)10-19(28)24-9-13-4-2-1-3-5-13/h1-8H,9-12H2,(H,24,28)(H,25,29).